The Labute approximate surface area is 128 Å². The van der Waals surface area contributed by atoms with Crippen molar-refractivity contribution >= 4 is 28.5 Å². The maximum absolute atomic E-state index is 4.34. The van der Waals surface area contributed by atoms with Crippen molar-refractivity contribution in [1.82, 2.24) is 9.97 Å². The number of thioether (sulfide) groups is 1. The first kappa shape index (κ1) is 13.9. The summed E-state index contributed by atoms with van der Waals surface area (Å²) in [5, 5.41) is 4.48. The molecule has 0 unspecified atom stereocenters. The maximum atomic E-state index is 4.34. The Balaban J connectivity index is 1.61. The number of nitrogens with zero attached hydrogens (tertiary/aromatic N) is 2. The zero-order chi connectivity index (χ0) is 14.5. The zero-order valence-electron chi connectivity index (χ0n) is 11.9. The van der Waals surface area contributed by atoms with Crippen LogP contribution in [0.25, 0.3) is 10.9 Å². The van der Waals surface area contributed by atoms with E-state index in [4.69, 9.17) is 0 Å². The molecule has 3 nitrogen and oxygen atoms in total. The van der Waals surface area contributed by atoms with Gasteiger partial charge >= 0.3 is 0 Å². The van der Waals surface area contributed by atoms with Crippen LogP contribution in [0.3, 0.4) is 0 Å². The van der Waals surface area contributed by atoms with Gasteiger partial charge in [-0.15, -0.1) is 11.8 Å². The van der Waals surface area contributed by atoms with E-state index in [0.29, 0.717) is 0 Å². The number of hydrogen-bond acceptors (Lipinski definition) is 4. The molecule has 1 N–H and O–H groups in total. The molecular formula is C17H17N3S. The molecule has 0 saturated heterocycles. The second-order valence-corrected chi connectivity index (χ2v) is 5.92. The highest BCUT2D eigenvalue weighted by Gasteiger charge is 2.02. The molecule has 3 aromatic rings. The summed E-state index contributed by atoms with van der Waals surface area (Å²) < 4.78 is 0. The molecular weight excluding hydrogens is 278 g/mol. The highest BCUT2D eigenvalue weighted by molar-refractivity contribution is 7.99. The number of anilines is 1. The monoisotopic (exact) mass is 295 g/mol. The molecule has 0 aliphatic heterocycles. The van der Waals surface area contributed by atoms with Crippen molar-refractivity contribution in [2.24, 2.45) is 0 Å². The van der Waals surface area contributed by atoms with E-state index in [0.717, 1.165) is 29.0 Å². The SMILES string of the molecule is Cc1ccccc1SCCNc1ncnc2ccccc12. The van der Waals surface area contributed by atoms with E-state index in [9.17, 15) is 0 Å². The largest absolute Gasteiger partial charge is 0.369 e. The average Bonchev–Trinajstić information content (AvgIpc) is 2.53. The Kier molecular flexibility index (Phi) is 4.36. The summed E-state index contributed by atoms with van der Waals surface area (Å²) in [4.78, 5) is 9.95. The van der Waals surface area contributed by atoms with Gasteiger partial charge < -0.3 is 5.32 Å². The fourth-order valence-corrected chi connectivity index (χ4v) is 3.09. The minimum absolute atomic E-state index is 0.875. The van der Waals surface area contributed by atoms with Gasteiger partial charge in [0, 0.05) is 22.6 Å². The van der Waals surface area contributed by atoms with Crippen molar-refractivity contribution in [1.29, 1.82) is 0 Å². The molecule has 0 radical (unpaired) electrons. The maximum Gasteiger partial charge on any atom is 0.137 e. The van der Waals surface area contributed by atoms with Gasteiger partial charge in [0.1, 0.15) is 12.1 Å². The molecule has 0 fully saturated rings. The van der Waals surface area contributed by atoms with Crippen LogP contribution in [0.4, 0.5) is 5.82 Å². The summed E-state index contributed by atoms with van der Waals surface area (Å²) in [7, 11) is 0. The summed E-state index contributed by atoms with van der Waals surface area (Å²) in [5.74, 6) is 1.91. The molecule has 0 aliphatic carbocycles. The number of aryl methyl sites for hydroxylation is 1. The summed E-state index contributed by atoms with van der Waals surface area (Å²) in [6, 6.07) is 16.5. The minimum atomic E-state index is 0.875. The Bertz CT molecular complexity index is 737. The van der Waals surface area contributed by atoms with Gasteiger partial charge in [0.25, 0.3) is 0 Å². The summed E-state index contributed by atoms with van der Waals surface area (Å²) in [6.07, 6.45) is 1.61. The lowest BCUT2D eigenvalue weighted by molar-refractivity contribution is 1.15. The van der Waals surface area contributed by atoms with Gasteiger partial charge in [0.05, 0.1) is 5.52 Å². The van der Waals surface area contributed by atoms with Gasteiger partial charge in [-0.1, -0.05) is 30.3 Å². The number of aromatic nitrogens is 2. The fraction of sp³-hybridized carbons (Fsp3) is 0.176. The average molecular weight is 295 g/mol. The molecule has 3 rings (SSSR count). The molecule has 4 heteroatoms. The van der Waals surface area contributed by atoms with E-state index in [1.807, 2.05) is 36.0 Å². The quantitative estimate of drug-likeness (QED) is 0.567. The van der Waals surface area contributed by atoms with Crippen molar-refractivity contribution in [2.75, 3.05) is 17.6 Å². The van der Waals surface area contributed by atoms with Gasteiger partial charge in [-0.3, -0.25) is 0 Å². The number of benzene rings is 2. The molecule has 0 aliphatic rings. The van der Waals surface area contributed by atoms with Crippen LogP contribution in [0.1, 0.15) is 5.56 Å². The first-order valence-corrected chi connectivity index (χ1v) is 7.95. The van der Waals surface area contributed by atoms with Crippen LogP contribution < -0.4 is 5.32 Å². The zero-order valence-corrected chi connectivity index (χ0v) is 12.7. The molecule has 1 heterocycles. The number of rotatable bonds is 5. The van der Waals surface area contributed by atoms with Crippen LogP contribution in [0.5, 0.6) is 0 Å². The summed E-state index contributed by atoms with van der Waals surface area (Å²) in [5.41, 5.74) is 2.30. The van der Waals surface area contributed by atoms with Crippen molar-refractivity contribution < 1.29 is 0 Å². The standard InChI is InChI=1S/C17H17N3S/c1-13-6-2-5-9-16(13)21-11-10-18-17-14-7-3-4-8-15(14)19-12-20-17/h2-9,12H,10-11H2,1H3,(H,18,19,20). The highest BCUT2D eigenvalue weighted by Crippen LogP contribution is 2.22. The predicted octanol–water partition coefficient (Wildman–Crippen LogP) is 4.14. The summed E-state index contributed by atoms with van der Waals surface area (Å²) in [6.45, 7) is 3.02. The van der Waals surface area contributed by atoms with E-state index < -0.39 is 0 Å². The molecule has 0 saturated carbocycles. The lowest BCUT2D eigenvalue weighted by Crippen LogP contribution is -2.06. The first-order valence-electron chi connectivity index (χ1n) is 6.96. The first-order chi connectivity index (χ1) is 10.3. The topological polar surface area (TPSA) is 37.8 Å². The van der Waals surface area contributed by atoms with Crippen LogP contribution in [-0.2, 0) is 0 Å². The number of nitrogens with one attached hydrogen (secondary N) is 1. The molecule has 21 heavy (non-hydrogen) atoms. The van der Waals surface area contributed by atoms with Crippen molar-refractivity contribution in [3.63, 3.8) is 0 Å². The minimum Gasteiger partial charge on any atom is -0.369 e. The number of para-hydroxylation sites is 1. The Morgan fingerprint density at radius 3 is 2.71 bits per heavy atom. The molecule has 1 aromatic heterocycles. The summed E-state index contributed by atoms with van der Waals surface area (Å²) >= 11 is 1.87. The molecule has 106 valence electrons. The van der Waals surface area contributed by atoms with Crippen LogP contribution in [-0.4, -0.2) is 22.3 Å². The van der Waals surface area contributed by atoms with Crippen LogP contribution >= 0.6 is 11.8 Å². The molecule has 0 atom stereocenters. The molecule has 0 spiro atoms. The van der Waals surface area contributed by atoms with E-state index in [1.165, 1.54) is 10.5 Å². The van der Waals surface area contributed by atoms with Gasteiger partial charge in [-0.25, -0.2) is 9.97 Å². The Morgan fingerprint density at radius 1 is 1.00 bits per heavy atom. The molecule has 2 aromatic carbocycles. The smallest absolute Gasteiger partial charge is 0.137 e. The van der Waals surface area contributed by atoms with Crippen LogP contribution in [0, 0.1) is 6.92 Å². The van der Waals surface area contributed by atoms with Crippen LogP contribution in [0.15, 0.2) is 59.8 Å². The Hall–Kier alpha value is -2.07. The van der Waals surface area contributed by atoms with Crippen molar-refractivity contribution in [3.05, 3.63) is 60.4 Å². The van der Waals surface area contributed by atoms with E-state index in [-0.39, 0.29) is 0 Å². The lowest BCUT2D eigenvalue weighted by Gasteiger charge is -2.09. The molecule has 0 bridgehead atoms. The van der Waals surface area contributed by atoms with Gasteiger partial charge in [-0.05, 0) is 30.7 Å². The third-order valence-corrected chi connectivity index (χ3v) is 4.47. The second-order valence-electron chi connectivity index (χ2n) is 4.78. The van der Waals surface area contributed by atoms with E-state index in [1.54, 1.807) is 6.33 Å². The number of fused-ring (bicyclic) bond motifs is 1. The predicted molar refractivity (Wildman–Crippen MR) is 89.9 cm³/mol. The second kappa shape index (κ2) is 6.59. The van der Waals surface area contributed by atoms with Gasteiger partial charge in [-0.2, -0.15) is 0 Å². The lowest BCUT2D eigenvalue weighted by atomic mass is 10.2. The Morgan fingerprint density at radius 2 is 1.81 bits per heavy atom. The van der Waals surface area contributed by atoms with Gasteiger partial charge in [0.15, 0.2) is 0 Å². The normalized spacial score (nSPS) is 10.7. The highest BCUT2D eigenvalue weighted by atomic mass is 32.2. The molecule has 0 amide bonds. The van der Waals surface area contributed by atoms with Crippen molar-refractivity contribution in [2.45, 2.75) is 11.8 Å². The third kappa shape index (κ3) is 3.34. The fourth-order valence-electron chi connectivity index (χ4n) is 2.19. The third-order valence-electron chi connectivity index (χ3n) is 3.29. The van der Waals surface area contributed by atoms with Crippen molar-refractivity contribution in [3.8, 4) is 0 Å². The van der Waals surface area contributed by atoms with E-state index in [2.05, 4.69) is 46.5 Å². The van der Waals surface area contributed by atoms with Crippen LogP contribution in [0.2, 0.25) is 0 Å². The van der Waals surface area contributed by atoms with E-state index >= 15 is 0 Å². The number of hydrogen-bond donors (Lipinski definition) is 1. The van der Waals surface area contributed by atoms with Gasteiger partial charge in [0.2, 0.25) is 0 Å².